The van der Waals surface area contributed by atoms with Gasteiger partial charge < -0.3 is 29.2 Å². The van der Waals surface area contributed by atoms with E-state index in [1.165, 1.54) is 41.1 Å². The van der Waals surface area contributed by atoms with Gasteiger partial charge in [-0.3, -0.25) is 9.59 Å². The molecule has 1 N–H and O–H groups in total. The van der Waals surface area contributed by atoms with Crippen LogP contribution in [-0.4, -0.2) is 77.9 Å². The lowest BCUT2D eigenvalue weighted by atomic mass is 10.0. The third-order valence-corrected chi connectivity index (χ3v) is 8.23. The molecule has 1 fully saturated rings. The number of amides is 2. The summed E-state index contributed by atoms with van der Waals surface area (Å²) in [6.45, 7) is -0.133. The van der Waals surface area contributed by atoms with Gasteiger partial charge in [-0.1, -0.05) is 31.0 Å². The van der Waals surface area contributed by atoms with Crippen molar-refractivity contribution < 1.29 is 32.9 Å². The van der Waals surface area contributed by atoms with E-state index >= 15 is 0 Å². The molecule has 12 nitrogen and oxygen atoms in total. The van der Waals surface area contributed by atoms with E-state index in [1.807, 2.05) is 12.1 Å². The number of ether oxygens (including phenoxy) is 4. The first-order chi connectivity index (χ1) is 22.8. The highest BCUT2D eigenvalue weighted by molar-refractivity contribution is 5.89. The van der Waals surface area contributed by atoms with Crippen LogP contribution in [0.1, 0.15) is 42.9 Å². The fourth-order valence-electron chi connectivity index (χ4n) is 5.76. The van der Waals surface area contributed by atoms with Gasteiger partial charge in [-0.05, 0) is 78.1 Å². The van der Waals surface area contributed by atoms with E-state index in [0.29, 0.717) is 40.5 Å². The smallest absolute Gasteiger partial charge is 0.247 e. The van der Waals surface area contributed by atoms with E-state index in [-0.39, 0.29) is 30.9 Å². The van der Waals surface area contributed by atoms with Gasteiger partial charge in [-0.15, -0.1) is 10.2 Å². The lowest BCUT2D eigenvalue weighted by Crippen LogP contribution is -2.47. The van der Waals surface area contributed by atoms with Gasteiger partial charge in [0.1, 0.15) is 18.4 Å². The Morgan fingerprint density at radius 2 is 1.53 bits per heavy atom. The summed E-state index contributed by atoms with van der Waals surface area (Å²) in [6, 6.07) is 15.3. The molecule has 1 atom stereocenters. The topological polar surface area (TPSA) is 130 Å². The van der Waals surface area contributed by atoms with Crippen molar-refractivity contribution in [3.8, 4) is 34.4 Å². The zero-order valence-corrected chi connectivity index (χ0v) is 26.9. The molecule has 13 heteroatoms. The number of methoxy groups -OCH3 is 4. The first-order valence-corrected chi connectivity index (χ1v) is 15.4. The molecule has 1 heterocycles. The minimum absolute atomic E-state index is 0.00859. The molecule has 1 unspecified atom stereocenters. The average Bonchev–Trinajstić information content (AvgIpc) is 3.79. The van der Waals surface area contributed by atoms with Crippen LogP contribution in [0.4, 0.5) is 4.39 Å². The van der Waals surface area contributed by atoms with Crippen molar-refractivity contribution in [3.05, 3.63) is 77.6 Å². The fraction of sp³-hybridized carbons (Fsp3) is 0.382. The maximum absolute atomic E-state index is 14.2. The van der Waals surface area contributed by atoms with Gasteiger partial charge in [-0.25, -0.2) is 4.39 Å². The fourth-order valence-corrected chi connectivity index (χ4v) is 5.76. The number of aromatic nitrogens is 4. The molecular formula is C34H39FN6O6. The zero-order valence-electron chi connectivity index (χ0n) is 26.9. The van der Waals surface area contributed by atoms with Crippen LogP contribution in [0, 0.1) is 5.82 Å². The second kappa shape index (κ2) is 15.4. The molecule has 2 amide bonds. The monoisotopic (exact) mass is 646 g/mol. The third kappa shape index (κ3) is 7.97. The Labute approximate surface area is 272 Å². The van der Waals surface area contributed by atoms with Crippen molar-refractivity contribution in [1.82, 2.24) is 30.4 Å². The molecule has 0 aliphatic heterocycles. The van der Waals surface area contributed by atoms with Crippen molar-refractivity contribution in [2.45, 2.75) is 50.7 Å². The number of rotatable bonds is 14. The number of nitrogens with one attached hydrogen (secondary N) is 1. The molecule has 3 aromatic carbocycles. The second-order valence-electron chi connectivity index (χ2n) is 11.2. The summed E-state index contributed by atoms with van der Waals surface area (Å²) in [5.74, 6) is 1.25. The van der Waals surface area contributed by atoms with E-state index in [0.717, 1.165) is 31.2 Å². The zero-order chi connectivity index (χ0) is 33.3. The molecular weight excluding hydrogens is 607 g/mol. The lowest BCUT2D eigenvalue weighted by molar-refractivity contribution is -0.142. The summed E-state index contributed by atoms with van der Waals surface area (Å²) in [5, 5.41) is 15.8. The molecule has 1 aliphatic rings. The van der Waals surface area contributed by atoms with Crippen molar-refractivity contribution in [2.24, 2.45) is 0 Å². The van der Waals surface area contributed by atoms with Crippen LogP contribution < -0.4 is 24.3 Å². The molecule has 0 saturated heterocycles. The van der Waals surface area contributed by atoms with Gasteiger partial charge in [0, 0.05) is 18.2 Å². The number of nitrogens with zero attached hydrogens (tertiary/aromatic N) is 5. The number of tetrazole rings is 1. The Morgan fingerprint density at radius 3 is 2.19 bits per heavy atom. The highest BCUT2D eigenvalue weighted by Crippen LogP contribution is 2.32. The maximum Gasteiger partial charge on any atom is 0.247 e. The van der Waals surface area contributed by atoms with Gasteiger partial charge in [0.15, 0.2) is 23.0 Å². The Morgan fingerprint density at radius 1 is 0.894 bits per heavy atom. The van der Waals surface area contributed by atoms with Crippen LogP contribution in [0.25, 0.3) is 11.4 Å². The number of hydrogen-bond acceptors (Lipinski definition) is 9. The predicted octanol–water partition coefficient (Wildman–Crippen LogP) is 4.39. The van der Waals surface area contributed by atoms with Crippen LogP contribution >= 0.6 is 0 Å². The number of benzene rings is 3. The molecule has 248 valence electrons. The molecule has 0 spiro atoms. The highest BCUT2D eigenvalue weighted by atomic mass is 19.1. The van der Waals surface area contributed by atoms with E-state index in [4.69, 9.17) is 18.9 Å². The summed E-state index contributed by atoms with van der Waals surface area (Å²) in [4.78, 5) is 30.8. The third-order valence-electron chi connectivity index (χ3n) is 8.23. The molecule has 0 bridgehead atoms. The first-order valence-electron chi connectivity index (χ1n) is 15.4. The Balaban J connectivity index is 1.46. The minimum Gasteiger partial charge on any atom is -0.493 e. The largest absolute Gasteiger partial charge is 0.493 e. The van der Waals surface area contributed by atoms with E-state index in [2.05, 4.69) is 20.7 Å². The molecule has 47 heavy (non-hydrogen) atoms. The molecule has 1 saturated carbocycles. The molecule has 5 rings (SSSR count). The standard InChI is InChI=1S/C34H39FN6O6/c1-44-27-15-9-22(19-29(27)46-3)17-18-40(32(23-10-13-25(35)14-11-23)34(43)36-26-7-5-6-8-26)31(42)21-41-38-33(37-39-41)24-12-16-28(45-2)30(20-24)47-4/h9-16,19-20,26,32H,5-8,17-18,21H2,1-4H3,(H,36,43). The van der Waals surface area contributed by atoms with Crippen LogP contribution in [0.15, 0.2) is 60.7 Å². The summed E-state index contributed by atoms with van der Waals surface area (Å²) >= 11 is 0. The lowest BCUT2D eigenvalue weighted by Gasteiger charge is -2.32. The molecule has 1 aromatic heterocycles. The van der Waals surface area contributed by atoms with Gasteiger partial charge in [-0.2, -0.15) is 4.80 Å². The number of halogens is 1. The number of carbonyl (C=O) groups excluding carboxylic acids is 2. The highest BCUT2D eigenvalue weighted by Gasteiger charge is 2.33. The van der Waals surface area contributed by atoms with Crippen LogP contribution in [0.2, 0.25) is 0 Å². The first kappa shape index (κ1) is 33.2. The van der Waals surface area contributed by atoms with Gasteiger partial charge in [0.25, 0.3) is 0 Å². The summed E-state index contributed by atoms with van der Waals surface area (Å²) in [5.41, 5.74) is 1.97. The summed E-state index contributed by atoms with van der Waals surface area (Å²) in [6.07, 6.45) is 4.16. The quantitative estimate of drug-likeness (QED) is 0.212. The van der Waals surface area contributed by atoms with Crippen LogP contribution in [0.3, 0.4) is 0 Å². The van der Waals surface area contributed by atoms with E-state index in [1.54, 1.807) is 45.6 Å². The Hall–Kier alpha value is -5.20. The Kier molecular flexibility index (Phi) is 10.9. The summed E-state index contributed by atoms with van der Waals surface area (Å²) < 4.78 is 35.6. The van der Waals surface area contributed by atoms with Crippen molar-refractivity contribution >= 4 is 11.8 Å². The maximum atomic E-state index is 14.2. The van der Waals surface area contributed by atoms with E-state index < -0.39 is 17.8 Å². The molecule has 4 aromatic rings. The predicted molar refractivity (Wildman–Crippen MR) is 171 cm³/mol. The van der Waals surface area contributed by atoms with Gasteiger partial charge >= 0.3 is 0 Å². The molecule has 0 radical (unpaired) electrons. The Bertz CT molecular complexity index is 1670. The average molecular weight is 647 g/mol. The van der Waals surface area contributed by atoms with Gasteiger partial charge in [0.2, 0.25) is 17.6 Å². The van der Waals surface area contributed by atoms with Crippen molar-refractivity contribution in [3.63, 3.8) is 0 Å². The van der Waals surface area contributed by atoms with E-state index in [9.17, 15) is 14.0 Å². The van der Waals surface area contributed by atoms with Crippen molar-refractivity contribution in [2.75, 3.05) is 35.0 Å². The minimum atomic E-state index is -1.03. The number of carbonyl (C=O) groups is 2. The molecule has 1 aliphatic carbocycles. The summed E-state index contributed by atoms with van der Waals surface area (Å²) in [7, 11) is 6.18. The van der Waals surface area contributed by atoms with Crippen LogP contribution in [0.5, 0.6) is 23.0 Å². The second-order valence-corrected chi connectivity index (χ2v) is 11.2. The number of hydrogen-bond donors (Lipinski definition) is 1. The normalized spacial score (nSPS) is 13.6. The van der Waals surface area contributed by atoms with Gasteiger partial charge in [0.05, 0.1) is 28.4 Å². The van der Waals surface area contributed by atoms with Crippen molar-refractivity contribution in [1.29, 1.82) is 0 Å². The van der Waals surface area contributed by atoms with Crippen LogP contribution in [-0.2, 0) is 22.6 Å². The SMILES string of the molecule is COc1ccc(CCN(C(=O)Cn2nnc(-c3ccc(OC)c(OC)c3)n2)C(C(=O)NC2CCCC2)c2ccc(F)cc2)cc1OC.